The number of carbonyl (C=O) groups is 1. The topological polar surface area (TPSA) is 46.1 Å². The quantitative estimate of drug-likeness (QED) is 0.640. The Morgan fingerprint density at radius 1 is 1.00 bits per heavy atom. The number of aromatic nitrogens is 2. The lowest BCUT2D eigenvalue weighted by atomic mass is 9.75. The first-order chi connectivity index (χ1) is 13.8. The van der Waals surface area contributed by atoms with Gasteiger partial charge in [-0.15, -0.1) is 0 Å². The van der Waals surface area contributed by atoms with E-state index in [4.69, 9.17) is 4.98 Å². The van der Waals surface area contributed by atoms with Gasteiger partial charge in [0.15, 0.2) is 0 Å². The van der Waals surface area contributed by atoms with Crippen molar-refractivity contribution in [1.82, 2.24) is 14.9 Å². The molecular weight excluding hydrogens is 346 g/mol. The number of hydrogen-bond donors (Lipinski definition) is 0. The second-order valence-electron chi connectivity index (χ2n) is 8.16. The van der Waals surface area contributed by atoms with Gasteiger partial charge in [0.25, 0.3) is 5.91 Å². The van der Waals surface area contributed by atoms with Crippen molar-refractivity contribution in [3.8, 4) is 11.3 Å². The molecule has 2 aromatic heterocycles. The van der Waals surface area contributed by atoms with Gasteiger partial charge in [-0.2, -0.15) is 0 Å². The van der Waals surface area contributed by atoms with Crippen molar-refractivity contribution in [3.05, 3.63) is 60.4 Å². The number of piperidine rings is 1. The van der Waals surface area contributed by atoms with Gasteiger partial charge >= 0.3 is 0 Å². The maximum atomic E-state index is 13.6. The third-order valence-corrected chi connectivity index (χ3v) is 6.48. The van der Waals surface area contributed by atoms with E-state index in [0.29, 0.717) is 5.92 Å². The van der Waals surface area contributed by atoms with Crippen molar-refractivity contribution in [2.75, 3.05) is 13.1 Å². The number of rotatable bonds is 2. The van der Waals surface area contributed by atoms with Crippen LogP contribution in [0.2, 0.25) is 0 Å². The van der Waals surface area contributed by atoms with Gasteiger partial charge in [-0.1, -0.05) is 37.5 Å². The van der Waals surface area contributed by atoms with Gasteiger partial charge in [0.05, 0.1) is 16.8 Å². The lowest BCUT2D eigenvalue weighted by Crippen LogP contribution is -2.44. The molecule has 2 aliphatic rings. The van der Waals surface area contributed by atoms with E-state index in [0.717, 1.165) is 53.2 Å². The molecule has 1 saturated carbocycles. The molecule has 5 rings (SSSR count). The Hall–Kier alpha value is -2.75. The van der Waals surface area contributed by atoms with E-state index in [1.165, 1.54) is 25.7 Å². The molecule has 2 atom stereocenters. The van der Waals surface area contributed by atoms with Crippen molar-refractivity contribution in [3.63, 3.8) is 0 Å². The summed E-state index contributed by atoms with van der Waals surface area (Å²) in [7, 11) is 0. The van der Waals surface area contributed by atoms with Crippen molar-refractivity contribution < 1.29 is 4.79 Å². The van der Waals surface area contributed by atoms with E-state index in [-0.39, 0.29) is 5.91 Å². The summed E-state index contributed by atoms with van der Waals surface area (Å²) >= 11 is 0. The van der Waals surface area contributed by atoms with Gasteiger partial charge < -0.3 is 4.90 Å². The third kappa shape index (κ3) is 3.17. The van der Waals surface area contributed by atoms with Crippen molar-refractivity contribution in [1.29, 1.82) is 0 Å². The molecule has 0 radical (unpaired) electrons. The summed E-state index contributed by atoms with van der Waals surface area (Å²) in [5.41, 5.74) is 3.37. The van der Waals surface area contributed by atoms with E-state index in [1.54, 1.807) is 12.4 Å². The third-order valence-electron chi connectivity index (χ3n) is 6.48. The zero-order valence-electron chi connectivity index (χ0n) is 16.1. The molecule has 142 valence electrons. The first-order valence-electron chi connectivity index (χ1n) is 10.4. The molecule has 1 amide bonds. The van der Waals surface area contributed by atoms with Crippen LogP contribution in [0, 0.1) is 11.8 Å². The summed E-state index contributed by atoms with van der Waals surface area (Å²) in [4.78, 5) is 24.6. The van der Waals surface area contributed by atoms with Crippen LogP contribution in [-0.2, 0) is 0 Å². The molecule has 1 aliphatic heterocycles. The summed E-state index contributed by atoms with van der Waals surface area (Å²) < 4.78 is 0. The lowest BCUT2D eigenvalue weighted by Gasteiger charge is -2.41. The first-order valence-corrected chi connectivity index (χ1v) is 10.4. The van der Waals surface area contributed by atoms with E-state index in [1.807, 2.05) is 42.5 Å². The predicted molar refractivity (Wildman–Crippen MR) is 111 cm³/mol. The molecule has 2 fully saturated rings. The predicted octanol–water partition coefficient (Wildman–Crippen LogP) is 4.95. The zero-order chi connectivity index (χ0) is 18.9. The largest absolute Gasteiger partial charge is 0.338 e. The van der Waals surface area contributed by atoms with Crippen LogP contribution >= 0.6 is 0 Å². The molecule has 4 nitrogen and oxygen atoms in total. The molecule has 1 saturated heterocycles. The Balaban J connectivity index is 1.53. The van der Waals surface area contributed by atoms with Gasteiger partial charge in [0.2, 0.25) is 0 Å². The minimum atomic E-state index is 0.146. The van der Waals surface area contributed by atoms with E-state index in [9.17, 15) is 4.79 Å². The number of benzene rings is 1. The molecule has 28 heavy (non-hydrogen) atoms. The maximum Gasteiger partial charge on any atom is 0.254 e. The Labute approximate surface area is 165 Å². The fourth-order valence-electron chi connectivity index (χ4n) is 4.97. The smallest absolute Gasteiger partial charge is 0.254 e. The highest BCUT2D eigenvalue weighted by Crippen LogP contribution is 2.37. The van der Waals surface area contributed by atoms with Crippen LogP contribution in [0.15, 0.2) is 54.9 Å². The molecule has 0 spiro atoms. The molecule has 0 N–H and O–H groups in total. The Bertz CT molecular complexity index is 1000. The molecule has 3 aromatic rings. The molecule has 4 heteroatoms. The summed E-state index contributed by atoms with van der Waals surface area (Å²) in [5, 5.41) is 0.936. The van der Waals surface area contributed by atoms with Crippen LogP contribution in [0.1, 0.15) is 42.5 Å². The Morgan fingerprint density at radius 3 is 2.71 bits per heavy atom. The van der Waals surface area contributed by atoms with Gasteiger partial charge in [0.1, 0.15) is 0 Å². The summed E-state index contributed by atoms with van der Waals surface area (Å²) in [6.07, 6.45) is 9.99. The van der Waals surface area contributed by atoms with E-state index in [2.05, 4.69) is 9.88 Å². The van der Waals surface area contributed by atoms with Crippen molar-refractivity contribution >= 4 is 16.8 Å². The highest BCUT2D eigenvalue weighted by atomic mass is 16.2. The van der Waals surface area contributed by atoms with Gasteiger partial charge in [-0.05, 0) is 48.9 Å². The number of carbonyl (C=O) groups excluding carboxylic acids is 1. The van der Waals surface area contributed by atoms with E-state index < -0.39 is 0 Å². The second-order valence-corrected chi connectivity index (χ2v) is 8.16. The highest BCUT2D eigenvalue weighted by molar-refractivity contribution is 6.07. The Kier molecular flexibility index (Phi) is 4.55. The number of hydrogen-bond acceptors (Lipinski definition) is 3. The fraction of sp³-hybridized carbons (Fsp3) is 0.375. The zero-order valence-corrected chi connectivity index (χ0v) is 16.1. The van der Waals surface area contributed by atoms with Crippen molar-refractivity contribution in [2.45, 2.75) is 32.1 Å². The molecule has 1 aliphatic carbocycles. The average Bonchev–Trinajstić information content (AvgIpc) is 2.78. The van der Waals surface area contributed by atoms with Crippen molar-refractivity contribution in [2.24, 2.45) is 11.8 Å². The molecule has 1 aromatic carbocycles. The van der Waals surface area contributed by atoms with Crippen LogP contribution in [0.5, 0.6) is 0 Å². The van der Waals surface area contributed by atoms with E-state index >= 15 is 0 Å². The molecule has 0 bridgehead atoms. The average molecular weight is 371 g/mol. The number of para-hydroxylation sites is 1. The number of amides is 1. The van der Waals surface area contributed by atoms with Crippen LogP contribution in [-0.4, -0.2) is 33.9 Å². The van der Waals surface area contributed by atoms with Gasteiger partial charge in [0, 0.05) is 36.4 Å². The highest BCUT2D eigenvalue weighted by Gasteiger charge is 2.33. The van der Waals surface area contributed by atoms with Gasteiger partial charge in [-0.25, -0.2) is 4.98 Å². The fourth-order valence-corrected chi connectivity index (χ4v) is 4.97. The Morgan fingerprint density at radius 2 is 1.86 bits per heavy atom. The molecule has 0 unspecified atom stereocenters. The first kappa shape index (κ1) is 17.4. The molecular formula is C24H25N3O. The van der Waals surface area contributed by atoms with Crippen LogP contribution < -0.4 is 0 Å². The summed E-state index contributed by atoms with van der Waals surface area (Å²) in [5.74, 6) is 1.64. The number of nitrogens with zero attached hydrogens (tertiary/aromatic N) is 3. The van der Waals surface area contributed by atoms with Gasteiger partial charge in [-0.3, -0.25) is 9.78 Å². The normalized spacial score (nSPS) is 22.1. The monoisotopic (exact) mass is 371 g/mol. The van der Waals surface area contributed by atoms with Crippen LogP contribution in [0.4, 0.5) is 0 Å². The minimum absolute atomic E-state index is 0.146. The van der Waals surface area contributed by atoms with Crippen LogP contribution in [0.25, 0.3) is 22.2 Å². The SMILES string of the molecule is O=C(c1cc(-c2cccnc2)nc2ccccc12)N1CC[C@H]2CCCC[C@H]2C1. The number of likely N-dealkylation sites (tertiary alicyclic amines) is 1. The minimum Gasteiger partial charge on any atom is -0.338 e. The molecule has 3 heterocycles. The standard InChI is InChI=1S/C24H25N3O/c28-24(27-13-11-17-6-1-2-7-19(17)16-27)21-14-23(18-8-5-12-25-15-18)26-22-10-4-3-9-20(21)22/h3-5,8-10,12,14-15,17,19H,1-2,6-7,11,13,16H2/t17-,19+/m1/s1. The lowest BCUT2D eigenvalue weighted by molar-refractivity contribution is 0.0522. The number of pyridine rings is 2. The summed E-state index contributed by atoms with van der Waals surface area (Å²) in [6, 6.07) is 13.8. The number of fused-ring (bicyclic) bond motifs is 2. The van der Waals surface area contributed by atoms with Crippen LogP contribution in [0.3, 0.4) is 0 Å². The summed E-state index contributed by atoms with van der Waals surface area (Å²) in [6.45, 7) is 1.78. The second kappa shape index (κ2) is 7.34. The maximum absolute atomic E-state index is 13.6.